The standard InChI is InChI=1S/C10H7F6IN2O/c11-9(12,13)7(10(14,15)16)19-8(20)18-6-3-1-5(17)2-4-6/h1-4,7H,(H2,18,19,20). The molecule has 0 saturated heterocycles. The minimum Gasteiger partial charge on any atom is -0.318 e. The molecule has 0 atom stereocenters. The van der Waals surface area contributed by atoms with Gasteiger partial charge in [-0.05, 0) is 46.9 Å². The van der Waals surface area contributed by atoms with E-state index in [-0.39, 0.29) is 5.69 Å². The molecule has 1 aromatic carbocycles. The van der Waals surface area contributed by atoms with Gasteiger partial charge in [0, 0.05) is 9.26 Å². The quantitative estimate of drug-likeness (QED) is 0.562. The fourth-order valence-corrected chi connectivity index (χ4v) is 1.54. The van der Waals surface area contributed by atoms with Gasteiger partial charge in [0.1, 0.15) is 0 Å². The number of hydrogen-bond acceptors (Lipinski definition) is 1. The van der Waals surface area contributed by atoms with E-state index in [1.165, 1.54) is 24.3 Å². The summed E-state index contributed by atoms with van der Waals surface area (Å²) in [7, 11) is 0. The lowest BCUT2D eigenvalue weighted by Crippen LogP contribution is -2.55. The van der Waals surface area contributed by atoms with Crippen molar-refractivity contribution < 1.29 is 31.1 Å². The average molecular weight is 412 g/mol. The molecule has 0 spiro atoms. The van der Waals surface area contributed by atoms with Crippen molar-refractivity contribution in [2.45, 2.75) is 18.4 Å². The summed E-state index contributed by atoms with van der Waals surface area (Å²) in [4.78, 5) is 11.2. The first kappa shape index (κ1) is 16.9. The molecule has 0 heterocycles. The first-order valence-corrected chi connectivity index (χ1v) is 6.04. The van der Waals surface area contributed by atoms with Crippen molar-refractivity contribution in [1.82, 2.24) is 5.32 Å². The highest BCUT2D eigenvalue weighted by molar-refractivity contribution is 14.1. The Hall–Kier alpha value is -1.20. The van der Waals surface area contributed by atoms with Gasteiger partial charge in [0.05, 0.1) is 0 Å². The van der Waals surface area contributed by atoms with Gasteiger partial charge in [-0.2, -0.15) is 26.3 Å². The van der Waals surface area contributed by atoms with Gasteiger partial charge in [-0.3, -0.25) is 0 Å². The van der Waals surface area contributed by atoms with Gasteiger partial charge in [0.25, 0.3) is 0 Å². The van der Waals surface area contributed by atoms with E-state index in [4.69, 9.17) is 0 Å². The van der Waals surface area contributed by atoms with E-state index in [0.717, 1.165) is 8.89 Å². The molecule has 0 radical (unpaired) electrons. The highest BCUT2D eigenvalue weighted by Crippen LogP contribution is 2.33. The van der Waals surface area contributed by atoms with Crippen LogP contribution in [0, 0.1) is 3.57 Å². The molecule has 0 aliphatic rings. The minimum absolute atomic E-state index is 0.0750. The Morgan fingerprint density at radius 1 is 1.00 bits per heavy atom. The van der Waals surface area contributed by atoms with E-state index in [1.54, 1.807) is 0 Å². The normalized spacial score (nSPS) is 12.4. The molecule has 2 N–H and O–H groups in total. The molecule has 0 unspecified atom stereocenters. The Labute approximate surface area is 122 Å². The van der Waals surface area contributed by atoms with Crippen LogP contribution in [0.1, 0.15) is 0 Å². The number of benzene rings is 1. The van der Waals surface area contributed by atoms with E-state index >= 15 is 0 Å². The molecule has 0 aliphatic heterocycles. The van der Waals surface area contributed by atoms with Crippen LogP contribution in [0.25, 0.3) is 0 Å². The number of anilines is 1. The number of hydrogen-bond donors (Lipinski definition) is 2. The van der Waals surface area contributed by atoms with E-state index in [0.29, 0.717) is 0 Å². The average Bonchev–Trinajstić information content (AvgIpc) is 2.26. The van der Waals surface area contributed by atoms with Gasteiger partial charge in [-0.25, -0.2) is 4.79 Å². The Balaban J connectivity index is 2.75. The zero-order valence-corrected chi connectivity index (χ0v) is 11.6. The SMILES string of the molecule is O=C(Nc1ccc(I)cc1)NC(C(F)(F)F)C(F)(F)F. The Morgan fingerprint density at radius 3 is 1.85 bits per heavy atom. The van der Waals surface area contributed by atoms with Gasteiger partial charge in [0.15, 0.2) is 0 Å². The van der Waals surface area contributed by atoms with Crippen molar-refractivity contribution in [3.05, 3.63) is 27.8 Å². The van der Waals surface area contributed by atoms with Gasteiger partial charge in [-0.15, -0.1) is 0 Å². The van der Waals surface area contributed by atoms with E-state index < -0.39 is 24.4 Å². The summed E-state index contributed by atoms with van der Waals surface area (Å²) in [6, 6.07) is 0.238. The van der Waals surface area contributed by atoms with Crippen LogP contribution in [0.3, 0.4) is 0 Å². The number of amides is 2. The minimum atomic E-state index is -5.62. The Kier molecular flexibility index (Phi) is 5.10. The molecule has 2 amide bonds. The molecule has 3 nitrogen and oxygen atoms in total. The maximum Gasteiger partial charge on any atom is 0.417 e. The largest absolute Gasteiger partial charge is 0.417 e. The molecule has 112 valence electrons. The van der Waals surface area contributed by atoms with Crippen LogP contribution in [0.4, 0.5) is 36.8 Å². The predicted molar refractivity (Wildman–Crippen MR) is 67.2 cm³/mol. The summed E-state index contributed by atoms with van der Waals surface area (Å²) in [5, 5.41) is 2.75. The number of urea groups is 1. The third-order valence-corrected chi connectivity index (χ3v) is 2.75. The third kappa shape index (κ3) is 5.06. The van der Waals surface area contributed by atoms with Crippen molar-refractivity contribution in [2.75, 3.05) is 5.32 Å². The van der Waals surface area contributed by atoms with Crippen LogP contribution in [-0.4, -0.2) is 24.4 Å². The second kappa shape index (κ2) is 6.06. The van der Waals surface area contributed by atoms with Crippen molar-refractivity contribution in [3.63, 3.8) is 0 Å². The van der Waals surface area contributed by atoms with Crippen LogP contribution in [0.5, 0.6) is 0 Å². The molecule has 0 saturated carbocycles. The monoisotopic (exact) mass is 412 g/mol. The Morgan fingerprint density at radius 2 is 1.45 bits per heavy atom. The van der Waals surface area contributed by atoms with Gasteiger partial charge < -0.3 is 10.6 Å². The zero-order valence-electron chi connectivity index (χ0n) is 9.44. The first-order valence-electron chi connectivity index (χ1n) is 4.96. The van der Waals surface area contributed by atoms with Gasteiger partial charge in [-0.1, -0.05) is 0 Å². The summed E-state index contributed by atoms with van der Waals surface area (Å²) < 4.78 is 74.0. The number of carbonyl (C=O) groups is 1. The maximum atomic E-state index is 12.2. The number of alkyl halides is 6. The van der Waals surface area contributed by atoms with Crippen molar-refractivity contribution in [2.24, 2.45) is 0 Å². The van der Waals surface area contributed by atoms with Crippen molar-refractivity contribution in [1.29, 1.82) is 0 Å². The molecule has 0 bridgehead atoms. The second-order valence-electron chi connectivity index (χ2n) is 3.62. The summed E-state index contributed by atoms with van der Waals surface area (Å²) >= 11 is 1.95. The molecule has 0 aliphatic carbocycles. The molecular formula is C10H7F6IN2O. The van der Waals surface area contributed by atoms with E-state index in [1.807, 2.05) is 27.9 Å². The smallest absolute Gasteiger partial charge is 0.318 e. The number of halogens is 7. The lowest BCUT2D eigenvalue weighted by atomic mass is 10.3. The summed E-state index contributed by atoms with van der Waals surface area (Å²) in [6.45, 7) is 0. The van der Waals surface area contributed by atoms with Gasteiger partial charge in [0.2, 0.25) is 6.04 Å². The fraction of sp³-hybridized carbons (Fsp3) is 0.300. The molecule has 20 heavy (non-hydrogen) atoms. The molecule has 1 aromatic rings. The molecule has 0 aromatic heterocycles. The number of nitrogens with one attached hydrogen (secondary N) is 2. The first-order chi connectivity index (χ1) is 9.00. The number of carbonyl (C=O) groups excluding carboxylic acids is 1. The lowest BCUT2D eigenvalue weighted by Gasteiger charge is -2.23. The zero-order chi connectivity index (χ0) is 15.6. The molecule has 1 rings (SSSR count). The summed E-state index contributed by atoms with van der Waals surface area (Å²) in [5.41, 5.74) is 0.0750. The van der Waals surface area contributed by atoms with Gasteiger partial charge >= 0.3 is 18.4 Å². The summed E-state index contributed by atoms with van der Waals surface area (Å²) in [5.74, 6) is 0. The molecule has 10 heteroatoms. The van der Waals surface area contributed by atoms with Crippen LogP contribution >= 0.6 is 22.6 Å². The van der Waals surface area contributed by atoms with Crippen molar-refractivity contribution >= 4 is 34.3 Å². The van der Waals surface area contributed by atoms with Crippen molar-refractivity contribution in [3.8, 4) is 0 Å². The third-order valence-electron chi connectivity index (χ3n) is 2.03. The van der Waals surface area contributed by atoms with Crippen LogP contribution in [0.15, 0.2) is 24.3 Å². The van der Waals surface area contributed by atoms with E-state index in [9.17, 15) is 31.1 Å². The topological polar surface area (TPSA) is 41.1 Å². The molecular weight excluding hydrogens is 405 g/mol. The fourth-order valence-electron chi connectivity index (χ4n) is 1.18. The second-order valence-corrected chi connectivity index (χ2v) is 4.87. The van der Waals surface area contributed by atoms with E-state index in [2.05, 4.69) is 0 Å². The summed E-state index contributed by atoms with van der Waals surface area (Å²) in [6.07, 6.45) is -11.2. The highest BCUT2D eigenvalue weighted by Gasteiger charge is 2.57. The van der Waals surface area contributed by atoms with Crippen LogP contribution in [-0.2, 0) is 0 Å². The Bertz CT molecular complexity index is 456. The van der Waals surface area contributed by atoms with Crippen LogP contribution < -0.4 is 10.6 Å². The molecule has 0 fully saturated rings. The maximum absolute atomic E-state index is 12.2. The highest BCUT2D eigenvalue weighted by atomic mass is 127. The van der Waals surface area contributed by atoms with Crippen LogP contribution in [0.2, 0.25) is 0 Å². The number of rotatable bonds is 2. The lowest BCUT2D eigenvalue weighted by molar-refractivity contribution is -0.255. The predicted octanol–water partition coefficient (Wildman–Crippen LogP) is 3.91.